The van der Waals surface area contributed by atoms with Crippen molar-refractivity contribution in [1.29, 1.82) is 0 Å². The molecule has 3 atom stereocenters. The second-order valence-corrected chi connectivity index (χ2v) is 7.11. The number of unbranched alkanes of at least 4 members (excludes halogenated alkanes) is 1. The summed E-state index contributed by atoms with van der Waals surface area (Å²) in [5, 5.41) is 0. The van der Waals surface area contributed by atoms with Crippen molar-refractivity contribution in [2.24, 2.45) is 23.7 Å². The fraction of sp³-hybridized carbons (Fsp3) is 0.833. The number of carbonyl (C=O) groups excluding carboxylic acids is 1. The third-order valence-corrected chi connectivity index (χ3v) is 5.62. The van der Waals surface area contributed by atoms with Crippen LogP contribution < -0.4 is 0 Å². The summed E-state index contributed by atoms with van der Waals surface area (Å²) in [5.41, 5.74) is 0. The molecule has 0 radical (unpaired) electrons. The normalized spacial score (nSPS) is 39.1. The molecule has 2 saturated carbocycles. The van der Waals surface area contributed by atoms with Crippen molar-refractivity contribution < 1.29 is 9.53 Å². The van der Waals surface area contributed by atoms with Crippen LogP contribution in [-0.4, -0.2) is 12.1 Å². The number of esters is 1. The lowest BCUT2D eigenvalue weighted by molar-refractivity contribution is -0.157. The summed E-state index contributed by atoms with van der Waals surface area (Å²) in [7, 11) is 0. The van der Waals surface area contributed by atoms with Crippen LogP contribution in [0.5, 0.6) is 0 Å². The van der Waals surface area contributed by atoms with Gasteiger partial charge in [0.2, 0.25) is 0 Å². The minimum Gasteiger partial charge on any atom is -0.462 e. The first-order chi connectivity index (χ1) is 9.76. The molecule has 2 heteroatoms. The zero-order chi connectivity index (χ0) is 13.9. The van der Waals surface area contributed by atoms with Gasteiger partial charge in [0.1, 0.15) is 6.10 Å². The first-order valence-corrected chi connectivity index (χ1v) is 8.65. The molecule has 2 nitrogen and oxygen atoms in total. The van der Waals surface area contributed by atoms with E-state index in [1.54, 1.807) is 0 Å². The molecule has 0 saturated heterocycles. The summed E-state index contributed by atoms with van der Waals surface area (Å²) in [6.07, 6.45) is 15.7. The number of fused-ring (bicyclic) bond motifs is 2. The van der Waals surface area contributed by atoms with E-state index in [4.69, 9.17) is 4.74 Å². The maximum atomic E-state index is 12.3. The molecule has 0 N–H and O–H groups in total. The SMILES string of the molecule is CCCCC1CCC(OC(=O)C2CC3C=CC2C3)CC1. The number of rotatable bonds is 5. The van der Waals surface area contributed by atoms with Gasteiger partial charge in [0, 0.05) is 0 Å². The van der Waals surface area contributed by atoms with Gasteiger partial charge < -0.3 is 4.74 Å². The van der Waals surface area contributed by atoms with Crippen LogP contribution in [0.2, 0.25) is 0 Å². The summed E-state index contributed by atoms with van der Waals surface area (Å²) in [6, 6.07) is 0. The molecule has 0 amide bonds. The predicted octanol–water partition coefficient (Wildman–Crippen LogP) is 4.49. The molecule has 3 unspecified atom stereocenters. The third-order valence-electron chi connectivity index (χ3n) is 5.62. The highest BCUT2D eigenvalue weighted by Gasteiger charge is 2.41. The Bertz CT molecular complexity index is 366. The number of ether oxygens (including phenoxy) is 1. The fourth-order valence-electron chi connectivity index (χ4n) is 4.33. The highest BCUT2D eigenvalue weighted by Crippen LogP contribution is 2.44. The maximum absolute atomic E-state index is 12.3. The number of carbonyl (C=O) groups is 1. The standard InChI is InChI=1S/C18H28O2/c1-2-3-4-13-6-9-16(10-7-13)20-18(19)17-12-14-5-8-15(17)11-14/h5,8,13-17H,2-4,6-7,9-12H2,1H3. The van der Waals surface area contributed by atoms with Gasteiger partial charge in [0.15, 0.2) is 0 Å². The average Bonchev–Trinajstić information content (AvgIpc) is 3.09. The van der Waals surface area contributed by atoms with Crippen molar-refractivity contribution in [2.45, 2.75) is 70.8 Å². The summed E-state index contributed by atoms with van der Waals surface area (Å²) < 4.78 is 5.81. The summed E-state index contributed by atoms with van der Waals surface area (Å²) in [6.45, 7) is 2.26. The Morgan fingerprint density at radius 2 is 1.95 bits per heavy atom. The van der Waals surface area contributed by atoms with Crippen LogP contribution in [0.4, 0.5) is 0 Å². The Kier molecular flexibility index (Phi) is 4.48. The lowest BCUT2D eigenvalue weighted by Gasteiger charge is -2.29. The molecular formula is C18H28O2. The number of hydrogen-bond acceptors (Lipinski definition) is 2. The monoisotopic (exact) mass is 276 g/mol. The summed E-state index contributed by atoms with van der Waals surface area (Å²) in [4.78, 5) is 12.3. The van der Waals surface area contributed by atoms with Crippen LogP contribution in [0, 0.1) is 23.7 Å². The first kappa shape index (κ1) is 14.2. The van der Waals surface area contributed by atoms with E-state index in [0.29, 0.717) is 11.8 Å². The second kappa shape index (κ2) is 6.32. The van der Waals surface area contributed by atoms with E-state index in [2.05, 4.69) is 19.1 Å². The van der Waals surface area contributed by atoms with E-state index < -0.39 is 0 Å². The smallest absolute Gasteiger partial charge is 0.309 e. The Balaban J connectivity index is 1.41. The Morgan fingerprint density at radius 1 is 1.15 bits per heavy atom. The van der Waals surface area contributed by atoms with Crippen molar-refractivity contribution >= 4 is 5.97 Å². The van der Waals surface area contributed by atoms with Gasteiger partial charge in [0.05, 0.1) is 5.92 Å². The molecule has 0 aromatic rings. The van der Waals surface area contributed by atoms with E-state index >= 15 is 0 Å². The lowest BCUT2D eigenvalue weighted by atomic mass is 9.84. The molecule has 3 aliphatic rings. The van der Waals surface area contributed by atoms with Crippen LogP contribution in [0.1, 0.15) is 64.7 Å². The van der Waals surface area contributed by atoms with Crippen LogP contribution in [0.3, 0.4) is 0 Å². The zero-order valence-electron chi connectivity index (χ0n) is 12.7. The minimum atomic E-state index is 0.0962. The molecule has 2 fully saturated rings. The second-order valence-electron chi connectivity index (χ2n) is 7.11. The molecule has 0 spiro atoms. The van der Waals surface area contributed by atoms with Crippen molar-refractivity contribution in [2.75, 3.05) is 0 Å². The van der Waals surface area contributed by atoms with Gasteiger partial charge in [-0.2, -0.15) is 0 Å². The molecule has 0 aromatic carbocycles. The van der Waals surface area contributed by atoms with Gasteiger partial charge >= 0.3 is 5.97 Å². The van der Waals surface area contributed by atoms with Crippen molar-refractivity contribution in [1.82, 2.24) is 0 Å². The van der Waals surface area contributed by atoms with E-state index in [-0.39, 0.29) is 18.0 Å². The fourth-order valence-corrected chi connectivity index (χ4v) is 4.33. The molecule has 20 heavy (non-hydrogen) atoms. The maximum Gasteiger partial charge on any atom is 0.309 e. The molecule has 0 heterocycles. The van der Waals surface area contributed by atoms with Gasteiger partial charge in [-0.1, -0.05) is 38.3 Å². The highest BCUT2D eigenvalue weighted by molar-refractivity contribution is 5.74. The molecule has 112 valence electrons. The molecular weight excluding hydrogens is 248 g/mol. The van der Waals surface area contributed by atoms with Crippen LogP contribution in [0.25, 0.3) is 0 Å². The quantitative estimate of drug-likeness (QED) is 0.546. The molecule has 0 aromatic heterocycles. The minimum absolute atomic E-state index is 0.0962. The van der Waals surface area contributed by atoms with Crippen LogP contribution >= 0.6 is 0 Å². The number of hydrogen-bond donors (Lipinski definition) is 0. The van der Waals surface area contributed by atoms with E-state index in [1.165, 1.54) is 38.5 Å². The van der Waals surface area contributed by atoms with Crippen molar-refractivity contribution in [3.05, 3.63) is 12.2 Å². The third kappa shape index (κ3) is 3.10. The first-order valence-electron chi connectivity index (χ1n) is 8.65. The summed E-state index contributed by atoms with van der Waals surface area (Å²) >= 11 is 0. The Hall–Kier alpha value is -0.790. The van der Waals surface area contributed by atoms with Crippen molar-refractivity contribution in [3.8, 4) is 0 Å². The zero-order valence-corrected chi connectivity index (χ0v) is 12.7. The van der Waals surface area contributed by atoms with Crippen LogP contribution in [-0.2, 0) is 9.53 Å². The van der Waals surface area contributed by atoms with E-state index in [0.717, 1.165) is 25.2 Å². The molecule has 2 bridgehead atoms. The number of allylic oxidation sites excluding steroid dienone is 2. The van der Waals surface area contributed by atoms with E-state index in [9.17, 15) is 4.79 Å². The van der Waals surface area contributed by atoms with Gasteiger partial charge in [-0.3, -0.25) is 4.79 Å². The largest absolute Gasteiger partial charge is 0.462 e. The predicted molar refractivity (Wildman–Crippen MR) is 80.2 cm³/mol. The van der Waals surface area contributed by atoms with E-state index in [1.807, 2.05) is 0 Å². The highest BCUT2D eigenvalue weighted by atomic mass is 16.5. The topological polar surface area (TPSA) is 26.3 Å². The Labute approximate surface area is 123 Å². The van der Waals surface area contributed by atoms with Crippen LogP contribution in [0.15, 0.2) is 12.2 Å². The molecule has 3 rings (SSSR count). The lowest BCUT2D eigenvalue weighted by Crippen LogP contribution is -2.29. The molecule has 3 aliphatic carbocycles. The van der Waals surface area contributed by atoms with Gasteiger partial charge in [-0.15, -0.1) is 0 Å². The molecule has 0 aliphatic heterocycles. The van der Waals surface area contributed by atoms with Crippen molar-refractivity contribution in [3.63, 3.8) is 0 Å². The summed E-state index contributed by atoms with van der Waals surface area (Å²) in [5.74, 6) is 2.28. The average molecular weight is 276 g/mol. The van der Waals surface area contributed by atoms with Gasteiger partial charge in [-0.05, 0) is 56.3 Å². The van der Waals surface area contributed by atoms with Gasteiger partial charge in [-0.25, -0.2) is 0 Å². The Morgan fingerprint density at radius 3 is 2.55 bits per heavy atom. The van der Waals surface area contributed by atoms with Gasteiger partial charge in [0.25, 0.3) is 0 Å².